The van der Waals surface area contributed by atoms with Gasteiger partial charge in [-0.2, -0.15) is 5.10 Å². The summed E-state index contributed by atoms with van der Waals surface area (Å²) < 4.78 is 0. The van der Waals surface area contributed by atoms with Crippen molar-refractivity contribution in [3.63, 3.8) is 0 Å². The Labute approximate surface area is 113 Å². The van der Waals surface area contributed by atoms with Crippen LogP contribution in [0.25, 0.3) is 0 Å². The fraction of sp³-hybridized carbons (Fsp3) is 0.769. The quantitative estimate of drug-likeness (QED) is 0.747. The molecule has 6 heteroatoms. The Bertz CT molecular complexity index is 386. The summed E-state index contributed by atoms with van der Waals surface area (Å²) >= 11 is 0. The van der Waals surface area contributed by atoms with Crippen LogP contribution in [-0.2, 0) is 4.79 Å². The predicted molar refractivity (Wildman–Crippen MR) is 72.1 cm³/mol. The molecule has 0 radical (unpaired) electrons. The molecule has 106 valence electrons. The van der Waals surface area contributed by atoms with Crippen LogP contribution in [0.4, 0.5) is 0 Å². The molecule has 2 atom stereocenters. The van der Waals surface area contributed by atoms with Crippen LogP contribution in [0.1, 0.15) is 57.3 Å². The number of nitrogens with two attached hydrogens (primary N) is 1. The first kappa shape index (κ1) is 14.0. The number of hydrogen-bond acceptors (Lipinski definition) is 4. The van der Waals surface area contributed by atoms with Crippen molar-refractivity contribution in [2.45, 2.75) is 57.5 Å². The molecule has 1 aliphatic carbocycles. The summed E-state index contributed by atoms with van der Waals surface area (Å²) in [5, 5.41) is 9.39. The van der Waals surface area contributed by atoms with Gasteiger partial charge in [-0.05, 0) is 19.3 Å². The van der Waals surface area contributed by atoms with Gasteiger partial charge in [0.15, 0.2) is 0 Å². The van der Waals surface area contributed by atoms with Gasteiger partial charge >= 0.3 is 0 Å². The Hall–Kier alpha value is -1.43. The maximum atomic E-state index is 12.0. The van der Waals surface area contributed by atoms with Gasteiger partial charge in [-0.25, -0.2) is 4.98 Å². The molecule has 1 aliphatic rings. The number of hydrogen-bond donors (Lipinski definition) is 3. The van der Waals surface area contributed by atoms with Gasteiger partial charge < -0.3 is 11.1 Å². The molecule has 4 N–H and O–H groups in total. The first-order valence-electron chi connectivity index (χ1n) is 7.08. The van der Waals surface area contributed by atoms with Crippen molar-refractivity contribution in [2.75, 3.05) is 0 Å². The zero-order valence-corrected chi connectivity index (χ0v) is 11.4. The monoisotopic (exact) mass is 265 g/mol. The summed E-state index contributed by atoms with van der Waals surface area (Å²) in [6, 6.07) is -0.610. The molecule has 0 spiro atoms. The Morgan fingerprint density at radius 1 is 1.53 bits per heavy atom. The molecule has 19 heavy (non-hydrogen) atoms. The minimum absolute atomic E-state index is 0.102. The normalized spacial score (nSPS) is 19.9. The van der Waals surface area contributed by atoms with Crippen LogP contribution in [0, 0.1) is 5.92 Å². The van der Waals surface area contributed by atoms with Crippen molar-refractivity contribution >= 4 is 5.91 Å². The summed E-state index contributed by atoms with van der Waals surface area (Å²) in [7, 11) is 0. The second kappa shape index (κ2) is 6.65. The molecule has 1 aromatic heterocycles. The maximum absolute atomic E-state index is 12.0. The van der Waals surface area contributed by atoms with E-state index in [4.69, 9.17) is 5.73 Å². The lowest BCUT2D eigenvalue weighted by molar-refractivity contribution is -0.123. The van der Waals surface area contributed by atoms with Crippen LogP contribution in [0.3, 0.4) is 0 Å². The number of rotatable bonds is 5. The lowest BCUT2D eigenvalue weighted by Gasteiger charge is -2.24. The molecule has 1 amide bonds. The minimum atomic E-state index is -0.423. The third kappa shape index (κ3) is 4.02. The Kier molecular flexibility index (Phi) is 4.90. The molecule has 0 aliphatic heterocycles. The van der Waals surface area contributed by atoms with Gasteiger partial charge in [-0.15, -0.1) is 0 Å². The van der Waals surface area contributed by atoms with E-state index in [9.17, 15) is 4.79 Å². The van der Waals surface area contributed by atoms with E-state index in [1.54, 1.807) is 0 Å². The van der Waals surface area contributed by atoms with Crippen molar-refractivity contribution in [3.05, 3.63) is 12.2 Å². The number of carbonyl (C=O) groups is 1. The molecule has 1 aromatic rings. The standard InChI is InChI=1S/C13H23N5O/c1-9(12-15-8-16-18-12)17-13(19)11(14)7-10-5-3-2-4-6-10/h8-11H,2-7,14H2,1H3,(H,17,19)(H,15,16,18). The van der Waals surface area contributed by atoms with Gasteiger partial charge in [-0.3, -0.25) is 9.89 Å². The highest BCUT2D eigenvalue weighted by molar-refractivity contribution is 5.81. The average Bonchev–Trinajstić information content (AvgIpc) is 2.93. The Morgan fingerprint density at radius 2 is 2.26 bits per heavy atom. The van der Waals surface area contributed by atoms with Crippen LogP contribution < -0.4 is 11.1 Å². The molecular formula is C13H23N5O. The Balaban J connectivity index is 1.78. The van der Waals surface area contributed by atoms with Crippen LogP contribution >= 0.6 is 0 Å². The molecule has 1 saturated carbocycles. The number of nitrogens with one attached hydrogen (secondary N) is 2. The zero-order chi connectivity index (χ0) is 13.7. The number of amides is 1. The van der Waals surface area contributed by atoms with E-state index < -0.39 is 6.04 Å². The number of aromatic amines is 1. The summed E-state index contributed by atoms with van der Waals surface area (Å²) in [6.45, 7) is 1.87. The zero-order valence-electron chi connectivity index (χ0n) is 11.4. The van der Waals surface area contributed by atoms with Crippen molar-refractivity contribution < 1.29 is 4.79 Å². The second-order valence-corrected chi connectivity index (χ2v) is 5.45. The van der Waals surface area contributed by atoms with Crippen LogP contribution in [0.2, 0.25) is 0 Å². The highest BCUT2D eigenvalue weighted by Gasteiger charge is 2.22. The van der Waals surface area contributed by atoms with Crippen molar-refractivity contribution in [2.24, 2.45) is 11.7 Å². The van der Waals surface area contributed by atoms with Crippen LogP contribution in [-0.4, -0.2) is 27.1 Å². The summed E-state index contributed by atoms with van der Waals surface area (Å²) in [4.78, 5) is 16.0. The lowest BCUT2D eigenvalue weighted by atomic mass is 9.85. The van der Waals surface area contributed by atoms with Gasteiger partial charge in [0.2, 0.25) is 5.91 Å². The molecular weight excluding hydrogens is 242 g/mol. The Morgan fingerprint density at radius 3 is 2.89 bits per heavy atom. The van der Waals surface area contributed by atoms with E-state index in [0.717, 1.165) is 6.42 Å². The average molecular weight is 265 g/mol. The van der Waals surface area contributed by atoms with E-state index in [1.165, 1.54) is 38.4 Å². The van der Waals surface area contributed by atoms with E-state index in [-0.39, 0.29) is 11.9 Å². The molecule has 0 aromatic carbocycles. The second-order valence-electron chi connectivity index (χ2n) is 5.45. The van der Waals surface area contributed by atoms with Crippen LogP contribution in [0.5, 0.6) is 0 Å². The smallest absolute Gasteiger partial charge is 0.237 e. The summed E-state index contributed by atoms with van der Waals surface area (Å²) in [5.41, 5.74) is 5.99. The molecule has 6 nitrogen and oxygen atoms in total. The van der Waals surface area contributed by atoms with Gasteiger partial charge in [-0.1, -0.05) is 32.1 Å². The third-order valence-corrected chi connectivity index (χ3v) is 3.85. The van der Waals surface area contributed by atoms with E-state index in [0.29, 0.717) is 11.7 Å². The number of carbonyl (C=O) groups excluding carboxylic acids is 1. The van der Waals surface area contributed by atoms with Crippen molar-refractivity contribution in [3.8, 4) is 0 Å². The van der Waals surface area contributed by atoms with Gasteiger partial charge in [0.05, 0.1) is 12.1 Å². The predicted octanol–water partition coefficient (Wildman–Crippen LogP) is 1.28. The summed E-state index contributed by atoms with van der Waals surface area (Å²) in [6.07, 6.45) is 8.49. The van der Waals surface area contributed by atoms with Gasteiger partial charge in [0.25, 0.3) is 0 Å². The topological polar surface area (TPSA) is 96.7 Å². The summed E-state index contributed by atoms with van der Waals surface area (Å²) in [5.74, 6) is 1.16. The molecule has 0 bridgehead atoms. The highest BCUT2D eigenvalue weighted by Crippen LogP contribution is 2.27. The molecule has 1 heterocycles. The van der Waals surface area contributed by atoms with Gasteiger partial charge in [0.1, 0.15) is 12.2 Å². The van der Waals surface area contributed by atoms with E-state index >= 15 is 0 Å². The van der Waals surface area contributed by atoms with Gasteiger partial charge in [0, 0.05) is 0 Å². The first-order valence-corrected chi connectivity index (χ1v) is 7.08. The lowest BCUT2D eigenvalue weighted by Crippen LogP contribution is -2.43. The van der Waals surface area contributed by atoms with Crippen molar-refractivity contribution in [1.82, 2.24) is 20.5 Å². The molecule has 2 rings (SSSR count). The fourth-order valence-electron chi connectivity index (χ4n) is 2.70. The van der Waals surface area contributed by atoms with Crippen LogP contribution in [0.15, 0.2) is 6.33 Å². The largest absolute Gasteiger partial charge is 0.345 e. The number of H-pyrrole nitrogens is 1. The number of aromatic nitrogens is 3. The first-order chi connectivity index (χ1) is 9.16. The van der Waals surface area contributed by atoms with Crippen molar-refractivity contribution in [1.29, 1.82) is 0 Å². The molecule has 2 unspecified atom stereocenters. The van der Waals surface area contributed by atoms with E-state index in [1.807, 2.05) is 6.92 Å². The molecule has 0 saturated heterocycles. The third-order valence-electron chi connectivity index (χ3n) is 3.85. The maximum Gasteiger partial charge on any atom is 0.237 e. The fourth-order valence-corrected chi connectivity index (χ4v) is 2.70. The van der Waals surface area contributed by atoms with E-state index in [2.05, 4.69) is 20.5 Å². The number of nitrogens with zero attached hydrogens (tertiary/aromatic N) is 2. The SMILES string of the molecule is CC(NC(=O)C(N)CC1CCCCC1)c1ncn[nH]1. The minimum Gasteiger partial charge on any atom is -0.345 e. The highest BCUT2D eigenvalue weighted by atomic mass is 16.2. The molecule has 1 fully saturated rings.